The van der Waals surface area contributed by atoms with Gasteiger partial charge in [0.2, 0.25) is 5.91 Å². The molecule has 1 aromatic rings. The number of halogens is 1. The van der Waals surface area contributed by atoms with Crippen molar-refractivity contribution in [1.82, 2.24) is 10.2 Å². The molecule has 1 N–H and O–H groups in total. The Bertz CT molecular complexity index is 649. The lowest BCUT2D eigenvalue weighted by molar-refractivity contribution is -0.122. The van der Waals surface area contributed by atoms with Gasteiger partial charge in [0.05, 0.1) is 0 Å². The highest BCUT2D eigenvalue weighted by Gasteiger charge is 2.35. The first-order valence-electron chi connectivity index (χ1n) is 9.16. The van der Waals surface area contributed by atoms with E-state index in [9.17, 15) is 9.59 Å². The van der Waals surface area contributed by atoms with Gasteiger partial charge in [-0.2, -0.15) is 0 Å². The molecule has 7 heteroatoms. The summed E-state index contributed by atoms with van der Waals surface area (Å²) in [7, 11) is 1.56. The van der Waals surface area contributed by atoms with Crippen molar-refractivity contribution in [2.24, 2.45) is 0 Å². The minimum absolute atomic E-state index is 0.0399. The van der Waals surface area contributed by atoms with E-state index in [1.165, 1.54) is 10.5 Å². The van der Waals surface area contributed by atoms with E-state index in [0.29, 0.717) is 19.8 Å². The molecule has 0 bridgehead atoms. The van der Waals surface area contributed by atoms with Crippen molar-refractivity contribution in [2.45, 2.75) is 44.6 Å². The van der Waals surface area contributed by atoms with Gasteiger partial charge in [0.25, 0.3) is 0 Å². The predicted molar refractivity (Wildman–Crippen MR) is 108 cm³/mol. The summed E-state index contributed by atoms with van der Waals surface area (Å²) in [5, 5.41) is 3.00. The largest absolute Gasteiger partial charge is 0.444 e. The smallest absolute Gasteiger partial charge is 0.410 e. The Morgan fingerprint density at radius 2 is 1.81 bits per heavy atom. The van der Waals surface area contributed by atoms with Crippen molar-refractivity contribution < 1.29 is 19.1 Å². The first kappa shape index (κ1) is 21.7. The van der Waals surface area contributed by atoms with Gasteiger partial charge < -0.3 is 19.7 Å². The van der Waals surface area contributed by atoms with Crippen LogP contribution >= 0.6 is 15.9 Å². The second-order valence-electron chi connectivity index (χ2n) is 8.01. The molecule has 1 aliphatic heterocycles. The molecule has 0 aromatic heterocycles. The third kappa shape index (κ3) is 6.50. The van der Waals surface area contributed by atoms with Gasteiger partial charge in [-0.1, -0.05) is 28.1 Å². The molecule has 1 saturated heterocycles. The molecule has 1 fully saturated rings. The van der Waals surface area contributed by atoms with E-state index in [-0.39, 0.29) is 17.9 Å². The summed E-state index contributed by atoms with van der Waals surface area (Å²) < 4.78 is 11.8. The van der Waals surface area contributed by atoms with E-state index < -0.39 is 11.7 Å². The van der Waals surface area contributed by atoms with Crippen molar-refractivity contribution >= 4 is 27.9 Å². The molecule has 1 heterocycles. The molecule has 2 amide bonds. The molecule has 27 heavy (non-hydrogen) atoms. The van der Waals surface area contributed by atoms with Crippen LogP contribution in [0.15, 0.2) is 28.7 Å². The van der Waals surface area contributed by atoms with Crippen molar-refractivity contribution in [2.75, 3.05) is 33.4 Å². The zero-order valence-corrected chi connectivity index (χ0v) is 18.1. The van der Waals surface area contributed by atoms with E-state index >= 15 is 0 Å². The Morgan fingerprint density at radius 3 is 2.37 bits per heavy atom. The number of nitrogens with zero attached hydrogens (tertiary/aromatic N) is 1. The topological polar surface area (TPSA) is 67.9 Å². The lowest BCUT2D eigenvalue weighted by Gasteiger charge is -2.38. The fourth-order valence-corrected chi connectivity index (χ4v) is 3.34. The number of carbonyl (C=O) groups is 2. The second kappa shape index (κ2) is 9.06. The number of nitrogens with one attached hydrogen (secondary N) is 1. The van der Waals surface area contributed by atoms with Gasteiger partial charge in [0.15, 0.2) is 0 Å². The number of hydrogen-bond acceptors (Lipinski definition) is 4. The van der Waals surface area contributed by atoms with Crippen LogP contribution in [-0.4, -0.2) is 55.9 Å². The summed E-state index contributed by atoms with van der Waals surface area (Å²) in [6.07, 6.45) is 1.18. The van der Waals surface area contributed by atoms with E-state index in [2.05, 4.69) is 33.4 Å². The summed E-state index contributed by atoms with van der Waals surface area (Å²) in [6, 6.07) is 8.22. The molecule has 0 aliphatic carbocycles. The van der Waals surface area contributed by atoms with Gasteiger partial charge in [-0.15, -0.1) is 0 Å². The molecule has 2 rings (SSSR count). The maximum Gasteiger partial charge on any atom is 0.410 e. The van der Waals surface area contributed by atoms with Crippen LogP contribution in [0.25, 0.3) is 0 Å². The Balaban J connectivity index is 1.97. The fourth-order valence-electron chi connectivity index (χ4n) is 3.08. The van der Waals surface area contributed by atoms with E-state index in [0.717, 1.165) is 17.3 Å². The normalized spacial score (nSPS) is 16.5. The van der Waals surface area contributed by atoms with Gasteiger partial charge in [0.1, 0.15) is 12.1 Å². The fraction of sp³-hybridized carbons (Fsp3) is 0.600. The molecule has 0 atom stereocenters. The van der Waals surface area contributed by atoms with Crippen LogP contribution in [0.4, 0.5) is 4.79 Å². The molecule has 0 radical (unpaired) electrons. The monoisotopic (exact) mass is 440 g/mol. The minimum atomic E-state index is -0.588. The Kier molecular flexibility index (Phi) is 7.28. The number of likely N-dealkylation sites (N-methyl/N-ethyl adjacent to an activating group) is 1. The van der Waals surface area contributed by atoms with Crippen LogP contribution in [0.1, 0.15) is 39.2 Å². The number of carbonyl (C=O) groups excluding carboxylic acids is 2. The summed E-state index contributed by atoms with van der Waals surface area (Å²) >= 11 is 3.47. The Labute approximate surface area is 169 Å². The SMILES string of the molecule is CN(CC(=O)NCC1(c2ccc(Br)cc2)CCOCC1)C(=O)OC(C)(C)C. The van der Waals surface area contributed by atoms with Crippen LogP contribution in [0.2, 0.25) is 0 Å². The van der Waals surface area contributed by atoms with E-state index in [1.807, 2.05) is 12.1 Å². The molecule has 1 aliphatic rings. The van der Waals surface area contributed by atoms with Gasteiger partial charge >= 0.3 is 6.09 Å². The molecular weight excluding hydrogens is 412 g/mol. The minimum Gasteiger partial charge on any atom is -0.444 e. The zero-order chi connectivity index (χ0) is 20.1. The number of hydrogen-bond donors (Lipinski definition) is 1. The highest BCUT2D eigenvalue weighted by Crippen LogP contribution is 2.34. The summed E-state index contributed by atoms with van der Waals surface area (Å²) in [4.78, 5) is 25.7. The second-order valence-corrected chi connectivity index (χ2v) is 8.93. The van der Waals surface area contributed by atoms with Gasteiger partial charge in [-0.25, -0.2) is 4.79 Å². The quantitative estimate of drug-likeness (QED) is 0.760. The molecule has 150 valence electrons. The lowest BCUT2D eigenvalue weighted by Crippen LogP contribution is -2.47. The Morgan fingerprint density at radius 1 is 1.22 bits per heavy atom. The first-order chi connectivity index (χ1) is 12.6. The molecule has 0 unspecified atom stereocenters. The van der Waals surface area contributed by atoms with Crippen LogP contribution < -0.4 is 5.32 Å². The molecular formula is C20H29BrN2O4. The number of benzene rings is 1. The van der Waals surface area contributed by atoms with Gasteiger partial charge in [-0.05, 0) is 51.3 Å². The molecule has 0 saturated carbocycles. The standard InChI is InChI=1S/C20H29BrN2O4/c1-19(2,3)27-18(25)23(4)13-17(24)22-14-20(9-11-26-12-10-20)15-5-7-16(21)8-6-15/h5-8H,9-14H2,1-4H3,(H,22,24). The average Bonchev–Trinajstić information content (AvgIpc) is 2.60. The maximum atomic E-state index is 12.4. The highest BCUT2D eigenvalue weighted by molar-refractivity contribution is 9.10. The van der Waals surface area contributed by atoms with Crippen molar-refractivity contribution in [3.8, 4) is 0 Å². The first-order valence-corrected chi connectivity index (χ1v) is 9.95. The maximum absolute atomic E-state index is 12.4. The van der Waals surface area contributed by atoms with Gasteiger partial charge in [0, 0.05) is 36.7 Å². The average molecular weight is 441 g/mol. The molecule has 1 aromatic carbocycles. The molecule has 6 nitrogen and oxygen atoms in total. The van der Waals surface area contributed by atoms with E-state index in [1.54, 1.807) is 27.8 Å². The van der Waals surface area contributed by atoms with Crippen LogP contribution in [0, 0.1) is 0 Å². The molecule has 0 spiro atoms. The predicted octanol–water partition coefficient (Wildman–Crippen LogP) is 3.48. The summed E-state index contributed by atoms with van der Waals surface area (Å²) in [6.45, 7) is 7.21. The lowest BCUT2D eigenvalue weighted by atomic mass is 9.74. The van der Waals surface area contributed by atoms with Crippen LogP contribution in [0.3, 0.4) is 0 Å². The summed E-state index contributed by atoms with van der Waals surface area (Å²) in [5.41, 5.74) is 0.448. The number of rotatable bonds is 5. The zero-order valence-electron chi connectivity index (χ0n) is 16.5. The highest BCUT2D eigenvalue weighted by atomic mass is 79.9. The van der Waals surface area contributed by atoms with E-state index in [4.69, 9.17) is 9.47 Å². The van der Waals surface area contributed by atoms with Crippen molar-refractivity contribution in [3.63, 3.8) is 0 Å². The third-order valence-corrected chi connectivity index (χ3v) is 5.15. The summed E-state index contributed by atoms with van der Waals surface area (Å²) in [5.74, 6) is -0.202. The van der Waals surface area contributed by atoms with Crippen molar-refractivity contribution in [3.05, 3.63) is 34.3 Å². The van der Waals surface area contributed by atoms with Gasteiger partial charge in [-0.3, -0.25) is 4.79 Å². The number of ether oxygens (including phenoxy) is 2. The third-order valence-electron chi connectivity index (χ3n) is 4.62. The van der Waals surface area contributed by atoms with Crippen molar-refractivity contribution in [1.29, 1.82) is 0 Å². The van der Waals surface area contributed by atoms with Crippen LogP contribution in [-0.2, 0) is 19.7 Å². The van der Waals surface area contributed by atoms with Crippen LogP contribution in [0.5, 0.6) is 0 Å². The Hall–Kier alpha value is -1.60. The number of amides is 2.